The maximum atomic E-state index is 12.8. The number of para-hydroxylation sites is 2. The highest BCUT2D eigenvalue weighted by Gasteiger charge is 2.55. The van der Waals surface area contributed by atoms with E-state index in [9.17, 15) is 19.2 Å². The van der Waals surface area contributed by atoms with Gasteiger partial charge in [-0.25, -0.2) is 4.79 Å². The Bertz CT molecular complexity index is 826. The summed E-state index contributed by atoms with van der Waals surface area (Å²) in [6.45, 7) is 0.866. The average molecular weight is 403 g/mol. The molecule has 1 spiro atoms. The number of rotatable bonds is 6. The van der Waals surface area contributed by atoms with Gasteiger partial charge in [0.05, 0.1) is 12.8 Å². The van der Waals surface area contributed by atoms with Crippen molar-refractivity contribution in [1.29, 1.82) is 0 Å². The average Bonchev–Trinajstić information content (AvgIpc) is 2.94. The number of nitrogens with one attached hydrogen (secondary N) is 2. The van der Waals surface area contributed by atoms with E-state index in [1.54, 1.807) is 24.3 Å². The number of carbonyl (C=O) groups is 4. The molecule has 2 aliphatic rings. The number of benzene rings is 1. The second-order valence-electron chi connectivity index (χ2n) is 7.35. The molecule has 4 amide bonds. The molecule has 1 heterocycles. The maximum absolute atomic E-state index is 12.8. The monoisotopic (exact) mass is 403 g/mol. The van der Waals surface area contributed by atoms with E-state index in [2.05, 4.69) is 10.6 Å². The summed E-state index contributed by atoms with van der Waals surface area (Å²) in [6, 6.07) is 6.22. The van der Waals surface area contributed by atoms with Gasteiger partial charge in [-0.2, -0.15) is 0 Å². The summed E-state index contributed by atoms with van der Waals surface area (Å²) in [6.07, 6.45) is 3.26. The van der Waals surface area contributed by atoms with E-state index in [-0.39, 0.29) is 5.92 Å². The van der Waals surface area contributed by atoms with E-state index in [4.69, 9.17) is 9.47 Å². The van der Waals surface area contributed by atoms with Crippen LogP contribution < -0.4 is 15.4 Å². The van der Waals surface area contributed by atoms with Gasteiger partial charge in [-0.15, -0.1) is 0 Å². The largest absolute Gasteiger partial charge is 0.495 e. The molecule has 1 aliphatic carbocycles. The van der Waals surface area contributed by atoms with E-state index in [0.717, 1.165) is 24.2 Å². The van der Waals surface area contributed by atoms with Crippen LogP contribution in [0, 0.1) is 5.92 Å². The van der Waals surface area contributed by atoms with Crippen molar-refractivity contribution in [3.8, 4) is 5.75 Å². The summed E-state index contributed by atoms with van der Waals surface area (Å²) in [5.74, 6) is -1.31. The van der Waals surface area contributed by atoms with Gasteiger partial charge in [0.15, 0.2) is 6.61 Å². The lowest BCUT2D eigenvalue weighted by Crippen LogP contribution is -2.54. The highest BCUT2D eigenvalue weighted by molar-refractivity contribution is 6.09. The Morgan fingerprint density at radius 3 is 2.76 bits per heavy atom. The van der Waals surface area contributed by atoms with Gasteiger partial charge in [-0.1, -0.05) is 31.9 Å². The second-order valence-corrected chi connectivity index (χ2v) is 7.35. The standard InChI is InChI=1S/C20H25N3O6/c1-13-7-5-6-10-20(13)18(26)23(19(27)22-20)11-17(25)29-12-16(24)21-14-8-3-4-9-15(14)28-2/h3-4,8-9,13H,5-7,10-12H2,1-2H3,(H,21,24)(H,22,27)/t13-,20-/m1/s1. The topological polar surface area (TPSA) is 114 Å². The zero-order valence-electron chi connectivity index (χ0n) is 16.5. The number of amides is 4. The van der Waals surface area contributed by atoms with Crippen molar-refractivity contribution in [2.24, 2.45) is 5.92 Å². The number of anilines is 1. The van der Waals surface area contributed by atoms with Gasteiger partial charge in [0.1, 0.15) is 17.8 Å². The molecule has 0 aromatic heterocycles. The van der Waals surface area contributed by atoms with Gasteiger partial charge in [0, 0.05) is 0 Å². The Morgan fingerprint density at radius 1 is 1.28 bits per heavy atom. The Kier molecular flexibility index (Phi) is 6.05. The van der Waals surface area contributed by atoms with E-state index in [1.807, 2.05) is 6.92 Å². The van der Waals surface area contributed by atoms with Crippen LogP contribution in [0.3, 0.4) is 0 Å². The van der Waals surface area contributed by atoms with Gasteiger partial charge >= 0.3 is 12.0 Å². The Labute approximate surface area is 168 Å². The number of hydrogen-bond donors (Lipinski definition) is 2. The van der Waals surface area contributed by atoms with Crippen molar-refractivity contribution < 1.29 is 28.7 Å². The first-order valence-corrected chi connectivity index (χ1v) is 9.60. The quantitative estimate of drug-likeness (QED) is 0.552. The zero-order valence-corrected chi connectivity index (χ0v) is 16.5. The summed E-state index contributed by atoms with van der Waals surface area (Å²) in [7, 11) is 1.48. The van der Waals surface area contributed by atoms with E-state index in [1.165, 1.54) is 7.11 Å². The molecule has 3 rings (SSSR count). The molecule has 0 unspecified atom stereocenters. The number of imide groups is 1. The molecule has 1 saturated carbocycles. The fourth-order valence-electron chi connectivity index (χ4n) is 3.89. The fourth-order valence-corrected chi connectivity index (χ4v) is 3.89. The van der Waals surface area contributed by atoms with Crippen LogP contribution in [0.2, 0.25) is 0 Å². The minimum Gasteiger partial charge on any atom is -0.495 e. The van der Waals surface area contributed by atoms with Crippen LogP contribution in [0.25, 0.3) is 0 Å². The van der Waals surface area contributed by atoms with Crippen LogP contribution in [-0.4, -0.2) is 54.5 Å². The summed E-state index contributed by atoms with van der Waals surface area (Å²) in [5.41, 5.74) is -0.491. The van der Waals surface area contributed by atoms with Gasteiger partial charge in [0.2, 0.25) is 0 Å². The SMILES string of the molecule is COc1ccccc1NC(=O)COC(=O)CN1C(=O)N[C@@]2(CCCC[C@H]2C)C1=O. The third-order valence-corrected chi connectivity index (χ3v) is 5.53. The van der Waals surface area contributed by atoms with E-state index < -0.39 is 42.5 Å². The van der Waals surface area contributed by atoms with Crippen molar-refractivity contribution in [3.63, 3.8) is 0 Å². The predicted octanol–water partition coefficient (Wildman–Crippen LogP) is 1.68. The Hall–Kier alpha value is -3.10. The predicted molar refractivity (Wildman–Crippen MR) is 103 cm³/mol. The Morgan fingerprint density at radius 2 is 2.03 bits per heavy atom. The number of esters is 1. The van der Waals surface area contributed by atoms with Crippen LogP contribution in [0.5, 0.6) is 5.75 Å². The van der Waals surface area contributed by atoms with Crippen molar-refractivity contribution >= 4 is 29.5 Å². The number of nitrogens with zero attached hydrogens (tertiary/aromatic N) is 1. The lowest BCUT2D eigenvalue weighted by atomic mass is 9.73. The fraction of sp³-hybridized carbons (Fsp3) is 0.500. The molecule has 1 aromatic carbocycles. The van der Waals surface area contributed by atoms with Gasteiger partial charge in [-0.05, 0) is 30.9 Å². The van der Waals surface area contributed by atoms with Crippen molar-refractivity contribution in [2.75, 3.05) is 25.6 Å². The zero-order chi connectivity index (χ0) is 21.0. The number of hydrogen-bond acceptors (Lipinski definition) is 6. The highest BCUT2D eigenvalue weighted by Crippen LogP contribution is 2.38. The normalized spacial score (nSPS) is 23.7. The molecule has 2 fully saturated rings. The molecule has 0 radical (unpaired) electrons. The number of urea groups is 1. The molecule has 0 bridgehead atoms. The lowest BCUT2D eigenvalue weighted by molar-refractivity contribution is -0.150. The summed E-state index contributed by atoms with van der Waals surface area (Å²) in [4.78, 5) is 50.1. The molecule has 1 saturated heterocycles. The van der Waals surface area contributed by atoms with Crippen LogP contribution >= 0.6 is 0 Å². The number of methoxy groups -OCH3 is 1. The van der Waals surface area contributed by atoms with Crippen molar-refractivity contribution in [3.05, 3.63) is 24.3 Å². The third-order valence-electron chi connectivity index (χ3n) is 5.53. The molecule has 29 heavy (non-hydrogen) atoms. The summed E-state index contributed by atoms with van der Waals surface area (Å²) < 4.78 is 10.1. The lowest BCUT2D eigenvalue weighted by Gasteiger charge is -2.36. The molecule has 156 valence electrons. The van der Waals surface area contributed by atoms with Crippen LogP contribution in [0.1, 0.15) is 32.6 Å². The molecule has 9 heteroatoms. The minimum absolute atomic E-state index is 0.000325. The minimum atomic E-state index is -0.934. The number of carbonyl (C=O) groups excluding carboxylic acids is 4. The molecule has 1 aromatic rings. The maximum Gasteiger partial charge on any atom is 0.326 e. The third kappa shape index (κ3) is 4.18. The van der Waals surface area contributed by atoms with Gasteiger partial charge < -0.3 is 20.1 Å². The molecule has 9 nitrogen and oxygen atoms in total. The van der Waals surface area contributed by atoms with E-state index >= 15 is 0 Å². The first kappa shape index (κ1) is 20.6. The summed E-state index contributed by atoms with van der Waals surface area (Å²) >= 11 is 0. The first-order valence-electron chi connectivity index (χ1n) is 9.60. The first-order chi connectivity index (χ1) is 13.9. The van der Waals surface area contributed by atoms with Gasteiger partial charge in [0.25, 0.3) is 11.8 Å². The van der Waals surface area contributed by atoms with Crippen molar-refractivity contribution in [1.82, 2.24) is 10.2 Å². The second kappa shape index (κ2) is 8.50. The molecule has 2 atom stereocenters. The van der Waals surface area contributed by atoms with E-state index in [0.29, 0.717) is 17.9 Å². The highest BCUT2D eigenvalue weighted by atomic mass is 16.5. The molecular weight excluding hydrogens is 378 g/mol. The van der Waals surface area contributed by atoms with Crippen LogP contribution in [-0.2, 0) is 19.1 Å². The Balaban J connectivity index is 1.53. The van der Waals surface area contributed by atoms with Crippen LogP contribution in [0.4, 0.5) is 10.5 Å². The summed E-state index contributed by atoms with van der Waals surface area (Å²) in [5, 5.41) is 5.35. The smallest absolute Gasteiger partial charge is 0.326 e. The van der Waals surface area contributed by atoms with Crippen LogP contribution in [0.15, 0.2) is 24.3 Å². The van der Waals surface area contributed by atoms with Crippen molar-refractivity contribution in [2.45, 2.75) is 38.1 Å². The number of ether oxygens (including phenoxy) is 2. The molecule has 2 N–H and O–H groups in total. The molecular formula is C20H25N3O6. The molecule has 1 aliphatic heterocycles. The van der Waals surface area contributed by atoms with Gasteiger partial charge in [-0.3, -0.25) is 19.3 Å².